The number of hydrogen-bond donors (Lipinski definition) is 1. The van der Waals surface area contributed by atoms with Crippen molar-refractivity contribution in [2.75, 3.05) is 37.5 Å². The summed E-state index contributed by atoms with van der Waals surface area (Å²) in [5.41, 5.74) is 6.69. The molecule has 7 nitrogen and oxygen atoms in total. The van der Waals surface area contributed by atoms with Crippen LogP contribution in [0.25, 0.3) is 11.0 Å². The van der Waals surface area contributed by atoms with Crippen molar-refractivity contribution in [3.8, 4) is 11.5 Å². The number of ether oxygens (including phenoxy) is 2. The lowest BCUT2D eigenvalue weighted by atomic mass is 9.90. The number of para-hydroxylation sites is 1. The smallest absolute Gasteiger partial charge is 0.261 e. The summed E-state index contributed by atoms with van der Waals surface area (Å²) in [6, 6.07) is 18.9. The summed E-state index contributed by atoms with van der Waals surface area (Å²) in [6.07, 6.45) is 4.23. The van der Waals surface area contributed by atoms with Crippen LogP contribution in [0.1, 0.15) is 34.3 Å². The van der Waals surface area contributed by atoms with Crippen LogP contribution in [0.15, 0.2) is 70.1 Å². The molecule has 0 aliphatic carbocycles. The average molecular weight is 496 g/mol. The number of anilines is 2. The van der Waals surface area contributed by atoms with Gasteiger partial charge in [-0.2, -0.15) is 0 Å². The van der Waals surface area contributed by atoms with Crippen LogP contribution >= 0.6 is 0 Å². The fourth-order valence-electron chi connectivity index (χ4n) is 5.43. The fourth-order valence-corrected chi connectivity index (χ4v) is 5.43. The van der Waals surface area contributed by atoms with Gasteiger partial charge in [0.2, 0.25) is 5.55 Å². The number of nitrogens with zero attached hydrogens (tertiary/aromatic N) is 2. The molecule has 1 aromatic heterocycles. The van der Waals surface area contributed by atoms with Crippen LogP contribution in [0.5, 0.6) is 11.5 Å². The minimum atomic E-state index is -0.305. The van der Waals surface area contributed by atoms with Gasteiger partial charge in [-0.3, -0.25) is 4.79 Å². The number of nitrogens with one attached hydrogen (secondary N) is 1. The van der Waals surface area contributed by atoms with Gasteiger partial charge in [0.25, 0.3) is 5.91 Å². The second kappa shape index (κ2) is 9.65. The third-order valence-electron chi connectivity index (χ3n) is 7.10. The molecule has 0 saturated heterocycles. The molecule has 2 aliphatic heterocycles. The van der Waals surface area contributed by atoms with Crippen LogP contribution < -0.4 is 25.2 Å². The van der Waals surface area contributed by atoms with Crippen molar-refractivity contribution in [1.29, 1.82) is 0 Å². The Labute approximate surface area is 215 Å². The summed E-state index contributed by atoms with van der Waals surface area (Å²) in [7, 11) is 3.14. The lowest BCUT2D eigenvalue weighted by Crippen LogP contribution is -2.34. The molecule has 4 aromatic rings. The molecule has 0 saturated carbocycles. The zero-order valence-corrected chi connectivity index (χ0v) is 21.0. The molecule has 1 amide bonds. The molecule has 0 atom stereocenters. The van der Waals surface area contributed by atoms with Gasteiger partial charge in [-0.1, -0.05) is 18.2 Å². The van der Waals surface area contributed by atoms with Crippen molar-refractivity contribution < 1.29 is 18.7 Å². The first-order valence-electron chi connectivity index (χ1n) is 12.7. The normalized spacial score (nSPS) is 14.9. The highest BCUT2D eigenvalue weighted by Crippen LogP contribution is 2.40. The minimum Gasteiger partial charge on any atom is -0.493 e. The van der Waals surface area contributed by atoms with E-state index in [1.165, 1.54) is 16.8 Å². The molecule has 6 rings (SSSR count). The summed E-state index contributed by atoms with van der Waals surface area (Å²) in [5, 5.41) is 3.91. The zero-order chi connectivity index (χ0) is 25.4. The van der Waals surface area contributed by atoms with E-state index in [-0.39, 0.29) is 5.91 Å². The van der Waals surface area contributed by atoms with Crippen LogP contribution in [0.3, 0.4) is 0 Å². The third kappa shape index (κ3) is 4.31. The van der Waals surface area contributed by atoms with Crippen molar-refractivity contribution >= 4 is 33.9 Å². The number of hydrogen-bond acceptors (Lipinski definition) is 6. The lowest BCUT2D eigenvalue weighted by molar-refractivity contribution is 0.102. The van der Waals surface area contributed by atoms with Crippen LogP contribution in [-0.4, -0.2) is 33.2 Å². The number of carbonyl (C=O) groups excluding carboxylic acids is 1. The standard InChI is InChI=1S/C30H29N3O4/c1-35-25-13-12-22(18-26(25)36-2)31-29(34)24-17-20-16-19-8-6-14-33-15-7-11-23(27(19)33)28(20)37-30(24)32-21-9-4-3-5-10-21/h3-5,9-10,12-13,16-18H,6-8,11,14-15H2,1-2H3,(H,31,34). The Kier molecular flexibility index (Phi) is 6.04. The van der Waals surface area contributed by atoms with E-state index in [1.807, 2.05) is 36.4 Å². The third-order valence-corrected chi connectivity index (χ3v) is 7.10. The van der Waals surface area contributed by atoms with E-state index in [4.69, 9.17) is 18.9 Å². The maximum absolute atomic E-state index is 13.6. The van der Waals surface area contributed by atoms with Gasteiger partial charge in [0.05, 0.1) is 19.9 Å². The van der Waals surface area contributed by atoms with Crippen LogP contribution in [0.4, 0.5) is 17.1 Å². The summed E-state index contributed by atoms with van der Waals surface area (Å²) in [4.78, 5) is 20.9. The topological polar surface area (TPSA) is 76.3 Å². The van der Waals surface area contributed by atoms with E-state index in [9.17, 15) is 4.79 Å². The van der Waals surface area contributed by atoms with Crippen molar-refractivity contribution in [2.45, 2.75) is 25.7 Å². The second-order valence-electron chi connectivity index (χ2n) is 9.41. The molecule has 0 radical (unpaired) electrons. The van der Waals surface area contributed by atoms with Crippen molar-refractivity contribution in [3.63, 3.8) is 0 Å². The Balaban J connectivity index is 1.50. The minimum absolute atomic E-state index is 0.292. The van der Waals surface area contributed by atoms with Gasteiger partial charge >= 0.3 is 0 Å². The predicted molar refractivity (Wildman–Crippen MR) is 144 cm³/mol. The molecule has 0 fully saturated rings. The number of amides is 1. The first-order chi connectivity index (χ1) is 18.1. The maximum Gasteiger partial charge on any atom is 0.261 e. The number of fused-ring (bicyclic) bond motifs is 2. The highest BCUT2D eigenvalue weighted by atomic mass is 16.5. The predicted octanol–water partition coefficient (Wildman–Crippen LogP) is 5.63. The SMILES string of the molecule is COc1ccc(NC(=O)c2cc3cc4c5c(c3oc2=Nc2ccccc2)CCCN5CCC4)cc1OC. The van der Waals surface area contributed by atoms with Crippen molar-refractivity contribution in [2.24, 2.45) is 4.99 Å². The molecule has 37 heavy (non-hydrogen) atoms. The van der Waals surface area contributed by atoms with Gasteiger partial charge in [-0.05, 0) is 67.6 Å². The highest BCUT2D eigenvalue weighted by Gasteiger charge is 2.27. The van der Waals surface area contributed by atoms with E-state index < -0.39 is 0 Å². The molecular formula is C30H29N3O4. The Morgan fingerprint density at radius 2 is 1.73 bits per heavy atom. The van der Waals surface area contributed by atoms with Gasteiger partial charge in [0.15, 0.2) is 11.5 Å². The lowest BCUT2D eigenvalue weighted by Gasteiger charge is -2.37. The Bertz CT molecular complexity index is 1560. The first kappa shape index (κ1) is 23.2. The van der Waals surface area contributed by atoms with Gasteiger partial charge in [0.1, 0.15) is 11.1 Å². The molecule has 3 aromatic carbocycles. The molecule has 2 aliphatic rings. The first-order valence-corrected chi connectivity index (χ1v) is 12.7. The second-order valence-corrected chi connectivity index (χ2v) is 9.41. The molecule has 0 bridgehead atoms. The molecule has 0 unspecified atom stereocenters. The van der Waals surface area contributed by atoms with Crippen LogP contribution in [-0.2, 0) is 12.8 Å². The fraction of sp³-hybridized carbons (Fsp3) is 0.267. The maximum atomic E-state index is 13.6. The van der Waals surface area contributed by atoms with Crippen molar-refractivity contribution in [3.05, 3.63) is 82.9 Å². The van der Waals surface area contributed by atoms with Gasteiger partial charge in [0, 0.05) is 41.5 Å². The number of methoxy groups -OCH3 is 2. The van der Waals surface area contributed by atoms with Crippen molar-refractivity contribution in [1.82, 2.24) is 0 Å². The van der Waals surface area contributed by atoms with Gasteiger partial charge < -0.3 is 24.1 Å². The quantitative estimate of drug-likeness (QED) is 0.388. The molecule has 1 N–H and O–H groups in total. The Morgan fingerprint density at radius 3 is 2.51 bits per heavy atom. The summed E-state index contributed by atoms with van der Waals surface area (Å²) >= 11 is 0. The Morgan fingerprint density at radius 1 is 0.946 bits per heavy atom. The number of carbonyl (C=O) groups is 1. The largest absolute Gasteiger partial charge is 0.493 e. The monoisotopic (exact) mass is 495 g/mol. The molecule has 0 spiro atoms. The number of rotatable bonds is 5. The number of benzene rings is 3. The number of aryl methyl sites for hydroxylation is 2. The van der Waals surface area contributed by atoms with E-state index in [0.717, 1.165) is 55.4 Å². The Hall–Kier alpha value is -4.26. The highest BCUT2D eigenvalue weighted by molar-refractivity contribution is 6.06. The molecule has 7 heteroatoms. The van der Waals surface area contributed by atoms with Gasteiger partial charge in [-0.25, -0.2) is 4.99 Å². The van der Waals surface area contributed by atoms with Crippen LogP contribution in [0.2, 0.25) is 0 Å². The van der Waals surface area contributed by atoms with E-state index in [1.54, 1.807) is 32.4 Å². The van der Waals surface area contributed by atoms with E-state index in [2.05, 4.69) is 16.3 Å². The molecule has 188 valence electrons. The summed E-state index contributed by atoms with van der Waals surface area (Å²) in [6.45, 7) is 2.16. The van der Waals surface area contributed by atoms with Crippen LogP contribution in [0, 0.1) is 0 Å². The van der Waals surface area contributed by atoms with Gasteiger partial charge in [-0.15, -0.1) is 0 Å². The molecular weight excluding hydrogens is 466 g/mol. The zero-order valence-electron chi connectivity index (χ0n) is 21.0. The van der Waals surface area contributed by atoms with E-state index >= 15 is 0 Å². The summed E-state index contributed by atoms with van der Waals surface area (Å²) < 4.78 is 17.2. The van der Waals surface area contributed by atoms with E-state index in [0.29, 0.717) is 28.3 Å². The average Bonchev–Trinajstić information content (AvgIpc) is 2.94. The summed E-state index contributed by atoms with van der Waals surface area (Å²) in [5.74, 6) is 0.822. The molecule has 3 heterocycles.